The lowest BCUT2D eigenvalue weighted by molar-refractivity contribution is 0.457. The zero-order chi connectivity index (χ0) is 13.1. The quantitative estimate of drug-likeness (QED) is 0.749. The highest BCUT2D eigenvalue weighted by Gasteiger charge is 2.06. The third kappa shape index (κ3) is 3.00. The van der Waals surface area contributed by atoms with E-state index in [1.54, 1.807) is 6.20 Å². The van der Waals surface area contributed by atoms with E-state index in [2.05, 4.69) is 20.9 Å². The summed E-state index contributed by atoms with van der Waals surface area (Å²) in [5.41, 5.74) is 1.98. The number of benzene rings is 1. The van der Waals surface area contributed by atoms with Gasteiger partial charge in [-0.05, 0) is 30.7 Å². The number of halogens is 3. The van der Waals surface area contributed by atoms with Crippen LogP contribution in [0.3, 0.4) is 0 Å². The van der Waals surface area contributed by atoms with Crippen molar-refractivity contribution in [2.24, 2.45) is 0 Å². The minimum absolute atomic E-state index is 0.0298. The standard InChI is InChI=1S/C13H10BrClFNO/c1-8-4-9(6-14)7-17-13(8)18-10-2-3-12(16)11(15)5-10/h2-5,7H,6H2,1H3. The molecule has 94 valence electrons. The van der Waals surface area contributed by atoms with Crippen LogP contribution in [0.5, 0.6) is 11.6 Å². The first kappa shape index (κ1) is 13.3. The minimum atomic E-state index is -0.469. The average molecular weight is 331 g/mol. The third-order valence-electron chi connectivity index (χ3n) is 2.35. The highest BCUT2D eigenvalue weighted by atomic mass is 79.9. The molecule has 0 saturated heterocycles. The molecule has 2 aromatic rings. The Kier molecular flexibility index (Phi) is 4.19. The van der Waals surface area contributed by atoms with E-state index in [4.69, 9.17) is 16.3 Å². The van der Waals surface area contributed by atoms with Crippen LogP contribution in [0.4, 0.5) is 4.39 Å². The molecule has 0 aliphatic rings. The topological polar surface area (TPSA) is 22.1 Å². The molecule has 0 aliphatic heterocycles. The molecule has 0 bridgehead atoms. The third-order valence-corrected chi connectivity index (χ3v) is 3.28. The highest BCUT2D eigenvalue weighted by Crippen LogP contribution is 2.27. The number of hydrogen-bond acceptors (Lipinski definition) is 2. The summed E-state index contributed by atoms with van der Waals surface area (Å²) in [6.45, 7) is 1.90. The molecule has 0 amide bonds. The first-order valence-electron chi connectivity index (χ1n) is 5.24. The van der Waals surface area contributed by atoms with E-state index < -0.39 is 5.82 Å². The van der Waals surface area contributed by atoms with Crippen molar-refractivity contribution in [2.75, 3.05) is 0 Å². The fraction of sp³-hybridized carbons (Fsp3) is 0.154. The molecule has 0 unspecified atom stereocenters. The van der Waals surface area contributed by atoms with Gasteiger partial charge < -0.3 is 4.74 Å². The molecule has 0 aliphatic carbocycles. The Labute approximate surface area is 118 Å². The Bertz CT molecular complexity index is 577. The predicted molar refractivity (Wildman–Crippen MR) is 73.1 cm³/mol. The largest absolute Gasteiger partial charge is 0.439 e. The van der Waals surface area contributed by atoms with Crippen LogP contribution in [0.15, 0.2) is 30.5 Å². The Morgan fingerprint density at radius 2 is 2.17 bits per heavy atom. The number of nitrogens with zero attached hydrogens (tertiary/aromatic N) is 1. The van der Waals surface area contributed by atoms with Crippen molar-refractivity contribution in [2.45, 2.75) is 12.3 Å². The van der Waals surface area contributed by atoms with E-state index >= 15 is 0 Å². The normalized spacial score (nSPS) is 10.4. The smallest absolute Gasteiger partial charge is 0.222 e. The molecule has 0 spiro atoms. The second kappa shape index (κ2) is 5.67. The summed E-state index contributed by atoms with van der Waals surface area (Å²) >= 11 is 9.05. The Balaban J connectivity index is 2.25. The van der Waals surface area contributed by atoms with E-state index in [1.165, 1.54) is 18.2 Å². The molecular weight excluding hydrogens is 321 g/mol. The number of hydrogen-bond donors (Lipinski definition) is 0. The molecule has 1 aromatic carbocycles. The molecule has 1 heterocycles. The van der Waals surface area contributed by atoms with E-state index in [1.807, 2.05) is 13.0 Å². The lowest BCUT2D eigenvalue weighted by Crippen LogP contribution is -1.93. The van der Waals surface area contributed by atoms with Crippen LogP contribution in [0.1, 0.15) is 11.1 Å². The summed E-state index contributed by atoms with van der Waals surface area (Å²) in [5.74, 6) is 0.481. The van der Waals surface area contributed by atoms with Crippen molar-refractivity contribution in [1.29, 1.82) is 0 Å². The van der Waals surface area contributed by atoms with Crippen LogP contribution in [-0.2, 0) is 5.33 Å². The second-order valence-electron chi connectivity index (χ2n) is 3.78. The van der Waals surface area contributed by atoms with E-state index in [-0.39, 0.29) is 5.02 Å². The van der Waals surface area contributed by atoms with Crippen LogP contribution < -0.4 is 4.74 Å². The van der Waals surface area contributed by atoms with Gasteiger partial charge >= 0.3 is 0 Å². The van der Waals surface area contributed by atoms with Crippen LogP contribution in [-0.4, -0.2) is 4.98 Å². The minimum Gasteiger partial charge on any atom is -0.439 e. The van der Waals surface area contributed by atoms with Gasteiger partial charge in [0.25, 0.3) is 0 Å². The van der Waals surface area contributed by atoms with Crippen LogP contribution >= 0.6 is 27.5 Å². The fourth-order valence-electron chi connectivity index (χ4n) is 1.45. The zero-order valence-electron chi connectivity index (χ0n) is 9.58. The van der Waals surface area contributed by atoms with E-state index in [9.17, 15) is 4.39 Å². The van der Waals surface area contributed by atoms with Crippen molar-refractivity contribution in [3.63, 3.8) is 0 Å². The monoisotopic (exact) mass is 329 g/mol. The average Bonchev–Trinajstić information content (AvgIpc) is 2.36. The fourth-order valence-corrected chi connectivity index (χ4v) is 1.93. The van der Waals surface area contributed by atoms with Crippen molar-refractivity contribution in [3.05, 3.63) is 52.4 Å². The summed E-state index contributed by atoms with van der Waals surface area (Å²) in [4.78, 5) is 4.21. The maximum absolute atomic E-state index is 13.0. The lowest BCUT2D eigenvalue weighted by atomic mass is 10.2. The summed E-state index contributed by atoms with van der Waals surface area (Å²) in [5, 5.41) is 0.769. The molecule has 2 nitrogen and oxygen atoms in total. The van der Waals surface area contributed by atoms with Gasteiger partial charge in [0, 0.05) is 23.2 Å². The number of pyridine rings is 1. The van der Waals surface area contributed by atoms with Gasteiger partial charge in [0.2, 0.25) is 5.88 Å². The molecule has 5 heteroatoms. The van der Waals surface area contributed by atoms with Crippen molar-refractivity contribution in [3.8, 4) is 11.6 Å². The van der Waals surface area contributed by atoms with Gasteiger partial charge in [0.1, 0.15) is 11.6 Å². The van der Waals surface area contributed by atoms with Gasteiger partial charge in [-0.1, -0.05) is 27.5 Å². The summed E-state index contributed by atoms with van der Waals surface area (Å²) in [6.07, 6.45) is 1.72. The van der Waals surface area contributed by atoms with Gasteiger partial charge in [-0.15, -0.1) is 0 Å². The highest BCUT2D eigenvalue weighted by molar-refractivity contribution is 9.08. The molecule has 2 rings (SSSR count). The van der Waals surface area contributed by atoms with Gasteiger partial charge in [-0.3, -0.25) is 0 Å². The molecular formula is C13H10BrClFNO. The second-order valence-corrected chi connectivity index (χ2v) is 4.75. The zero-order valence-corrected chi connectivity index (χ0v) is 11.9. The van der Waals surface area contributed by atoms with Gasteiger partial charge in [-0.2, -0.15) is 0 Å². The summed E-state index contributed by atoms with van der Waals surface area (Å²) < 4.78 is 18.6. The number of rotatable bonds is 3. The molecule has 0 fully saturated rings. The Morgan fingerprint density at radius 3 is 2.78 bits per heavy atom. The predicted octanol–water partition coefficient (Wildman–Crippen LogP) is 4.87. The summed E-state index contributed by atoms with van der Waals surface area (Å²) in [7, 11) is 0. The molecule has 0 atom stereocenters. The SMILES string of the molecule is Cc1cc(CBr)cnc1Oc1ccc(F)c(Cl)c1. The Morgan fingerprint density at radius 1 is 1.39 bits per heavy atom. The van der Waals surface area contributed by atoms with E-state index in [0.29, 0.717) is 11.6 Å². The number of ether oxygens (including phenoxy) is 1. The van der Waals surface area contributed by atoms with Gasteiger partial charge in [0.15, 0.2) is 0 Å². The molecule has 0 saturated carbocycles. The van der Waals surface area contributed by atoms with Crippen LogP contribution in [0.2, 0.25) is 5.02 Å². The van der Waals surface area contributed by atoms with Gasteiger partial charge in [-0.25, -0.2) is 9.37 Å². The van der Waals surface area contributed by atoms with E-state index in [0.717, 1.165) is 16.5 Å². The van der Waals surface area contributed by atoms with Crippen molar-refractivity contribution >= 4 is 27.5 Å². The maximum atomic E-state index is 13.0. The Hall–Kier alpha value is -1.13. The first-order chi connectivity index (χ1) is 8.60. The lowest BCUT2D eigenvalue weighted by Gasteiger charge is -2.08. The number of alkyl halides is 1. The molecule has 0 radical (unpaired) electrons. The number of aryl methyl sites for hydroxylation is 1. The van der Waals surface area contributed by atoms with Crippen molar-refractivity contribution < 1.29 is 9.13 Å². The number of aromatic nitrogens is 1. The first-order valence-corrected chi connectivity index (χ1v) is 6.74. The van der Waals surface area contributed by atoms with Crippen LogP contribution in [0.25, 0.3) is 0 Å². The summed E-state index contributed by atoms with van der Waals surface area (Å²) in [6, 6.07) is 6.18. The van der Waals surface area contributed by atoms with Gasteiger partial charge in [0.05, 0.1) is 5.02 Å². The maximum Gasteiger partial charge on any atom is 0.222 e. The molecule has 18 heavy (non-hydrogen) atoms. The van der Waals surface area contributed by atoms with Crippen LogP contribution in [0, 0.1) is 12.7 Å². The molecule has 1 aromatic heterocycles. The molecule has 0 N–H and O–H groups in total. The van der Waals surface area contributed by atoms with Crippen molar-refractivity contribution in [1.82, 2.24) is 4.98 Å².